The van der Waals surface area contributed by atoms with E-state index in [9.17, 15) is 4.79 Å². The Kier molecular flexibility index (Phi) is 5.08. The first-order chi connectivity index (χ1) is 10.7. The lowest BCUT2D eigenvalue weighted by Gasteiger charge is -2.11. The SMILES string of the molecule is COc1cccc(C(=O)N/N=C(/C)c2ccccn2)c1OC. The molecule has 2 rings (SSSR count). The molecule has 1 heterocycles. The number of aromatic nitrogens is 1. The number of para-hydroxylation sites is 1. The van der Waals surface area contributed by atoms with Crippen molar-refractivity contribution in [1.82, 2.24) is 10.4 Å². The normalized spacial score (nSPS) is 11.0. The van der Waals surface area contributed by atoms with Crippen LogP contribution in [0.4, 0.5) is 0 Å². The first-order valence-electron chi connectivity index (χ1n) is 6.64. The fourth-order valence-electron chi connectivity index (χ4n) is 1.89. The number of rotatable bonds is 5. The van der Waals surface area contributed by atoms with Gasteiger partial charge in [-0.1, -0.05) is 12.1 Å². The molecule has 6 heteroatoms. The Labute approximate surface area is 128 Å². The minimum absolute atomic E-state index is 0.347. The van der Waals surface area contributed by atoms with Crippen molar-refractivity contribution in [2.75, 3.05) is 14.2 Å². The van der Waals surface area contributed by atoms with Crippen LogP contribution in [0.25, 0.3) is 0 Å². The van der Waals surface area contributed by atoms with Crippen LogP contribution in [-0.4, -0.2) is 30.8 Å². The quantitative estimate of drug-likeness (QED) is 0.679. The van der Waals surface area contributed by atoms with Crippen molar-refractivity contribution in [2.24, 2.45) is 5.10 Å². The molecule has 0 aliphatic heterocycles. The van der Waals surface area contributed by atoms with Gasteiger partial charge in [-0.2, -0.15) is 5.10 Å². The summed E-state index contributed by atoms with van der Waals surface area (Å²) in [6.45, 7) is 1.77. The molecular weight excluding hydrogens is 282 g/mol. The number of methoxy groups -OCH3 is 2. The third kappa shape index (κ3) is 3.41. The van der Waals surface area contributed by atoms with Crippen LogP contribution in [0.3, 0.4) is 0 Å². The zero-order valence-corrected chi connectivity index (χ0v) is 12.7. The zero-order chi connectivity index (χ0) is 15.9. The lowest BCUT2D eigenvalue weighted by molar-refractivity contribution is 0.0951. The Morgan fingerprint density at radius 3 is 2.59 bits per heavy atom. The summed E-state index contributed by atoms with van der Waals surface area (Å²) < 4.78 is 10.4. The van der Waals surface area contributed by atoms with E-state index >= 15 is 0 Å². The van der Waals surface area contributed by atoms with Crippen LogP contribution in [0.2, 0.25) is 0 Å². The molecule has 22 heavy (non-hydrogen) atoms. The maximum absolute atomic E-state index is 12.3. The van der Waals surface area contributed by atoms with E-state index in [1.165, 1.54) is 14.2 Å². The van der Waals surface area contributed by atoms with Gasteiger partial charge in [-0.15, -0.1) is 0 Å². The number of pyridine rings is 1. The fraction of sp³-hybridized carbons (Fsp3) is 0.188. The average Bonchev–Trinajstić information content (AvgIpc) is 2.59. The highest BCUT2D eigenvalue weighted by atomic mass is 16.5. The number of nitrogens with zero attached hydrogens (tertiary/aromatic N) is 2. The summed E-state index contributed by atoms with van der Waals surface area (Å²) in [4.78, 5) is 16.4. The smallest absolute Gasteiger partial charge is 0.275 e. The second-order valence-electron chi connectivity index (χ2n) is 4.39. The largest absolute Gasteiger partial charge is 0.493 e. The summed E-state index contributed by atoms with van der Waals surface area (Å²) in [6.07, 6.45) is 1.67. The summed E-state index contributed by atoms with van der Waals surface area (Å²) in [5.74, 6) is 0.472. The van der Waals surface area contributed by atoms with E-state index in [2.05, 4.69) is 15.5 Å². The molecule has 0 unspecified atom stereocenters. The first-order valence-corrected chi connectivity index (χ1v) is 6.64. The third-order valence-electron chi connectivity index (χ3n) is 3.01. The molecule has 1 amide bonds. The van der Waals surface area contributed by atoms with Crippen LogP contribution < -0.4 is 14.9 Å². The molecule has 0 atom stereocenters. The van der Waals surface area contributed by atoms with Gasteiger partial charge in [0.15, 0.2) is 11.5 Å². The van der Waals surface area contributed by atoms with E-state index in [0.717, 1.165) is 0 Å². The average molecular weight is 299 g/mol. The van der Waals surface area contributed by atoms with E-state index in [0.29, 0.717) is 28.5 Å². The summed E-state index contributed by atoms with van der Waals surface area (Å²) in [7, 11) is 3.00. The molecule has 2 aromatic rings. The van der Waals surface area contributed by atoms with Crippen molar-refractivity contribution in [2.45, 2.75) is 6.92 Å². The van der Waals surface area contributed by atoms with Gasteiger partial charge in [0.05, 0.1) is 31.2 Å². The summed E-state index contributed by atoms with van der Waals surface area (Å²) in [5, 5.41) is 4.06. The lowest BCUT2D eigenvalue weighted by Crippen LogP contribution is -2.20. The maximum Gasteiger partial charge on any atom is 0.275 e. The van der Waals surface area contributed by atoms with Crippen molar-refractivity contribution in [3.05, 3.63) is 53.9 Å². The van der Waals surface area contributed by atoms with Gasteiger partial charge in [-0.3, -0.25) is 9.78 Å². The van der Waals surface area contributed by atoms with E-state index in [1.807, 2.05) is 18.2 Å². The molecule has 0 fully saturated rings. The van der Waals surface area contributed by atoms with Crippen molar-refractivity contribution in [3.8, 4) is 11.5 Å². The summed E-state index contributed by atoms with van der Waals surface area (Å²) in [5.41, 5.74) is 4.15. The van der Waals surface area contributed by atoms with Gasteiger partial charge < -0.3 is 9.47 Å². The summed E-state index contributed by atoms with van der Waals surface area (Å²) in [6, 6.07) is 10.6. The Hall–Kier alpha value is -2.89. The van der Waals surface area contributed by atoms with Crippen molar-refractivity contribution < 1.29 is 14.3 Å². The van der Waals surface area contributed by atoms with E-state index in [-0.39, 0.29) is 5.91 Å². The standard InChI is InChI=1S/C16H17N3O3/c1-11(13-8-4-5-10-17-13)18-19-16(20)12-7-6-9-14(21-2)15(12)22-3/h4-10H,1-3H3,(H,19,20)/b18-11-. The van der Waals surface area contributed by atoms with E-state index in [1.54, 1.807) is 31.3 Å². The second-order valence-corrected chi connectivity index (χ2v) is 4.39. The number of hydrazone groups is 1. The zero-order valence-electron chi connectivity index (χ0n) is 12.7. The van der Waals surface area contributed by atoms with Crippen LogP contribution in [0.5, 0.6) is 11.5 Å². The Morgan fingerprint density at radius 2 is 1.95 bits per heavy atom. The molecule has 0 spiro atoms. The van der Waals surface area contributed by atoms with E-state index in [4.69, 9.17) is 9.47 Å². The number of amides is 1. The predicted molar refractivity (Wildman–Crippen MR) is 83.5 cm³/mol. The molecule has 1 N–H and O–H groups in total. The van der Waals surface area contributed by atoms with Gasteiger partial charge in [0.1, 0.15) is 0 Å². The van der Waals surface area contributed by atoms with Crippen LogP contribution in [0.15, 0.2) is 47.7 Å². The van der Waals surface area contributed by atoms with Crippen LogP contribution >= 0.6 is 0 Å². The number of carbonyl (C=O) groups is 1. The minimum atomic E-state index is -0.383. The summed E-state index contributed by atoms with van der Waals surface area (Å²) >= 11 is 0. The second kappa shape index (κ2) is 7.21. The fourth-order valence-corrected chi connectivity index (χ4v) is 1.89. The Morgan fingerprint density at radius 1 is 1.14 bits per heavy atom. The minimum Gasteiger partial charge on any atom is -0.493 e. The Bertz CT molecular complexity index is 684. The highest BCUT2D eigenvalue weighted by molar-refractivity contribution is 6.01. The topological polar surface area (TPSA) is 72.8 Å². The maximum atomic E-state index is 12.3. The van der Waals surface area contributed by atoms with Gasteiger partial charge in [-0.05, 0) is 31.2 Å². The molecule has 0 aliphatic rings. The molecular formula is C16H17N3O3. The highest BCUT2D eigenvalue weighted by Gasteiger charge is 2.16. The van der Waals surface area contributed by atoms with Crippen LogP contribution in [-0.2, 0) is 0 Å². The molecule has 0 saturated carbocycles. The van der Waals surface area contributed by atoms with Crippen LogP contribution in [0.1, 0.15) is 23.0 Å². The van der Waals surface area contributed by atoms with Gasteiger partial charge in [-0.25, -0.2) is 5.43 Å². The molecule has 0 bridgehead atoms. The van der Waals surface area contributed by atoms with Crippen LogP contribution in [0, 0.1) is 0 Å². The van der Waals surface area contributed by atoms with E-state index < -0.39 is 0 Å². The predicted octanol–water partition coefficient (Wildman–Crippen LogP) is 2.25. The number of nitrogens with one attached hydrogen (secondary N) is 1. The number of hydrogen-bond donors (Lipinski definition) is 1. The molecule has 114 valence electrons. The van der Waals surface area contributed by atoms with Gasteiger partial charge in [0.25, 0.3) is 5.91 Å². The molecule has 0 radical (unpaired) electrons. The number of benzene rings is 1. The Balaban J connectivity index is 2.20. The van der Waals surface area contributed by atoms with Crippen molar-refractivity contribution in [1.29, 1.82) is 0 Å². The van der Waals surface area contributed by atoms with Gasteiger partial charge >= 0.3 is 0 Å². The van der Waals surface area contributed by atoms with Gasteiger partial charge in [0.2, 0.25) is 0 Å². The molecule has 1 aromatic carbocycles. The first kappa shape index (κ1) is 15.5. The third-order valence-corrected chi connectivity index (χ3v) is 3.01. The van der Waals surface area contributed by atoms with Crippen molar-refractivity contribution in [3.63, 3.8) is 0 Å². The molecule has 6 nitrogen and oxygen atoms in total. The number of hydrogen-bond acceptors (Lipinski definition) is 5. The number of ether oxygens (including phenoxy) is 2. The monoisotopic (exact) mass is 299 g/mol. The lowest BCUT2D eigenvalue weighted by atomic mass is 10.2. The molecule has 0 saturated heterocycles. The highest BCUT2D eigenvalue weighted by Crippen LogP contribution is 2.30. The molecule has 1 aromatic heterocycles. The van der Waals surface area contributed by atoms with Crippen molar-refractivity contribution >= 4 is 11.6 Å². The molecule has 0 aliphatic carbocycles. The van der Waals surface area contributed by atoms with Gasteiger partial charge in [0, 0.05) is 6.20 Å². The number of carbonyl (C=O) groups excluding carboxylic acids is 1.